The summed E-state index contributed by atoms with van der Waals surface area (Å²) >= 11 is 0. The Kier molecular flexibility index (Phi) is 7.57. The highest BCUT2D eigenvalue weighted by Gasteiger charge is 2.20. The second-order valence-electron chi connectivity index (χ2n) is 6.45. The fraction of sp³-hybridized carbons (Fsp3) is 0.526. The smallest absolute Gasteiger partial charge is 0.251 e. The molecule has 1 fully saturated rings. The molecule has 0 atom stereocenters. The van der Waals surface area contributed by atoms with E-state index in [4.69, 9.17) is 0 Å². The topological polar surface area (TPSA) is 77.0 Å². The van der Waals surface area contributed by atoms with Gasteiger partial charge in [0.1, 0.15) is 5.82 Å². The lowest BCUT2D eigenvalue weighted by atomic mass is 10.1. The van der Waals surface area contributed by atoms with Gasteiger partial charge in [0.05, 0.1) is 6.54 Å². The summed E-state index contributed by atoms with van der Waals surface area (Å²) in [6.45, 7) is 9.54. The molecule has 0 spiro atoms. The molecule has 0 saturated carbocycles. The first-order chi connectivity index (χ1) is 12.9. The number of hydrogen-bond donors (Lipinski definition) is 2. The Labute approximate surface area is 159 Å². The van der Waals surface area contributed by atoms with Crippen LogP contribution in [0.25, 0.3) is 0 Å². The van der Waals surface area contributed by atoms with Gasteiger partial charge in [-0.15, -0.1) is 0 Å². The highest BCUT2D eigenvalue weighted by atomic mass is 19.1. The zero-order valence-corrected chi connectivity index (χ0v) is 16.2. The molecule has 0 aliphatic carbocycles. The molecule has 7 nitrogen and oxygen atoms in total. The van der Waals surface area contributed by atoms with Crippen LogP contribution in [0, 0.1) is 12.7 Å². The Balaban J connectivity index is 1.85. The van der Waals surface area contributed by atoms with Crippen molar-refractivity contribution < 1.29 is 14.0 Å². The zero-order chi connectivity index (χ0) is 19.8. The number of aryl methyl sites for hydroxylation is 1. The lowest BCUT2D eigenvalue weighted by Crippen LogP contribution is -2.53. The van der Waals surface area contributed by atoms with Crippen LogP contribution in [-0.2, 0) is 4.79 Å². The van der Waals surface area contributed by atoms with Gasteiger partial charge in [-0.25, -0.2) is 4.39 Å². The molecule has 2 rings (SSSR count). The van der Waals surface area contributed by atoms with Crippen LogP contribution in [0.5, 0.6) is 0 Å². The number of nitrogens with one attached hydrogen (secondary N) is 2. The number of amides is 2. The standard InChI is InChI=1S/C19H28FN5O2/c1-4-21-19(25-11-9-24(10-12-25)15(3)26)23-8-7-22-18(27)16-6-5-14(2)17(20)13-16/h5-6,13H,4,7-12H2,1-3H3,(H,21,23)(H,22,27). The monoisotopic (exact) mass is 377 g/mol. The number of hydrogen-bond acceptors (Lipinski definition) is 3. The maximum Gasteiger partial charge on any atom is 0.251 e. The Bertz CT molecular complexity index is 699. The van der Waals surface area contributed by atoms with Crippen molar-refractivity contribution in [3.05, 3.63) is 35.1 Å². The summed E-state index contributed by atoms with van der Waals surface area (Å²) in [4.78, 5) is 32.0. The van der Waals surface area contributed by atoms with E-state index in [0.717, 1.165) is 25.6 Å². The number of nitrogens with zero attached hydrogens (tertiary/aromatic N) is 3. The first-order valence-electron chi connectivity index (χ1n) is 9.25. The van der Waals surface area contributed by atoms with Gasteiger partial charge in [-0.3, -0.25) is 14.6 Å². The summed E-state index contributed by atoms with van der Waals surface area (Å²) in [5.74, 6) is 0.159. The molecule has 0 aromatic heterocycles. The number of rotatable bonds is 5. The van der Waals surface area contributed by atoms with E-state index in [2.05, 4.69) is 20.5 Å². The SMILES string of the molecule is CCNC(=NCCNC(=O)c1ccc(C)c(F)c1)N1CCN(C(C)=O)CC1. The van der Waals surface area contributed by atoms with E-state index < -0.39 is 0 Å². The number of carbonyl (C=O) groups is 2. The molecule has 1 aliphatic rings. The minimum Gasteiger partial charge on any atom is -0.357 e. The second kappa shape index (κ2) is 9.89. The molecule has 1 heterocycles. The molecule has 0 unspecified atom stereocenters. The number of guanidine groups is 1. The average molecular weight is 377 g/mol. The summed E-state index contributed by atoms with van der Waals surface area (Å²) in [6.07, 6.45) is 0. The van der Waals surface area contributed by atoms with Crippen molar-refractivity contribution in [3.8, 4) is 0 Å². The third-order valence-corrected chi connectivity index (χ3v) is 4.45. The van der Waals surface area contributed by atoms with Crippen LogP contribution in [0.15, 0.2) is 23.2 Å². The number of piperazine rings is 1. The van der Waals surface area contributed by atoms with Crippen molar-refractivity contribution in [2.75, 3.05) is 45.8 Å². The van der Waals surface area contributed by atoms with E-state index in [1.807, 2.05) is 11.8 Å². The Hall–Kier alpha value is -2.64. The molecular formula is C19H28FN5O2. The largest absolute Gasteiger partial charge is 0.357 e. The molecule has 148 valence electrons. The summed E-state index contributed by atoms with van der Waals surface area (Å²) in [7, 11) is 0. The second-order valence-corrected chi connectivity index (χ2v) is 6.45. The van der Waals surface area contributed by atoms with Crippen molar-refractivity contribution in [1.82, 2.24) is 20.4 Å². The predicted molar refractivity (Wildman–Crippen MR) is 103 cm³/mol. The number of carbonyl (C=O) groups excluding carboxylic acids is 2. The molecule has 0 radical (unpaired) electrons. The fourth-order valence-corrected chi connectivity index (χ4v) is 2.83. The third kappa shape index (κ3) is 5.94. The summed E-state index contributed by atoms with van der Waals surface area (Å²) in [5.41, 5.74) is 0.811. The van der Waals surface area contributed by atoms with Crippen LogP contribution in [0.4, 0.5) is 4.39 Å². The van der Waals surface area contributed by atoms with Gasteiger partial charge in [0.2, 0.25) is 5.91 Å². The lowest BCUT2D eigenvalue weighted by Gasteiger charge is -2.36. The van der Waals surface area contributed by atoms with E-state index >= 15 is 0 Å². The Morgan fingerprint density at radius 1 is 1.15 bits per heavy atom. The van der Waals surface area contributed by atoms with Crippen LogP contribution in [-0.4, -0.2) is 73.4 Å². The van der Waals surface area contributed by atoms with Gasteiger partial charge in [-0.2, -0.15) is 0 Å². The molecule has 1 aromatic rings. The molecule has 1 aliphatic heterocycles. The third-order valence-electron chi connectivity index (χ3n) is 4.45. The zero-order valence-electron chi connectivity index (χ0n) is 16.2. The van der Waals surface area contributed by atoms with Crippen LogP contribution < -0.4 is 10.6 Å². The van der Waals surface area contributed by atoms with E-state index in [0.29, 0.717) is 37.3 Å². The molecule has 1 aromatic carbocycles. The Morgan fingerprint density at radius 3 is 2.41 bits per heavy atom. The van der Waals surface area contributed by atoms with Crippen molar-refractivity contribution in [2.45, 2.75) is 20.8 Å². The molecule has 2 N–H and O–H groups in total. The van der Waals surface area contributed by atoms with E-state index in [1.54, 1.807) is 26.0 Å². The minimum absolute atomic E-state index is 0.0897. The molecule has 1 saturated heterocycles. The maximum absolute atomic E-state index is 13.6. The van der Waals surface area contributed by atoms with Crippen molar-refractivity contribution in [1.29, 1.82) is 0 Å². The van der Waals surface area contributed by atoms with Gasteiger partial charge >= 0.3 is 0 Å². The summed E-state index contributed by atoms with van der Waals surface area (Å²) in [5, 5.41) is 6.00. The predicted octanol–water partition coefficient (Wildman–Crippen LogP) is 0.994. The maximum atomic E-state index is 13.6. The number of benzene rings is 1. The van der Waals surface area contributed by atoms with Crippen LogP contribution >= 0.6 is 0 Å². The van der Waals surface area contributed by atoms with Gasteiger partial charge in [0.15, 0.2) is 5.96 Å². The van der Waals surface area contributed by atoms with E-state index in [1.165, 1.54) is 6.07 Å². The van der Waals surface area contributed by atoms with Crippen molar-refractivity contribution in [2.24, 2.45) is 4.99 Å². The quantitative estimate of drug-likeness (QED) is 0.456. The Morgan fingerprint density at radius 2 is 1.81 bits per heavy atom. The first-order valence-corrected chi connectivity index (χ1v) is 9.25. The molecule has 8 heteroatoms. The van der Waals surface area contributed by atoms with E-state index in [-0.39, 0.29) is 17.6 Å². The van der Waals surface area contributed by atoms with Gasteiger partial charge in [-0.1, -0.05) is 6.07 Å². The van der Waals surface area contributed by atoms with E-state index in [9.17, 15) is 14.0 Å². The number of aliphatic imine (C=N–C) groups is 1. The van der Waals surface area contributed by atoms with Gasteiger partial charge in [0.25, 0.3) is 5.91 Å². The normalized spacial score (nSPS) is 14.9. The fourth-order valence-electron chi connectivity index (χ4n) is 2.83. The molecular weight excluding hydrogens is 349 g/mol. The molecule has 2 amide bonds. The van der Waals surface area contributed by atoms with Crippen LogP contribution in [0.2, 0.25) is 0 Å². The first kappa shape index (κ1) is 20.7. The summed E-state index contributed by atoms with van der Waals surface area (Å²) in [6, 6.07) is 4.44. The average Bonchev–Trinajstić information content (AvgIpc) is 2.66. The minimum atomic E-state index is -0.389. The summed E-state index contributed by atoms with van der Waals surface area (Å²) < 4.78 is 13.6. The van der Waals surface area contributed by atoms with Gasteiger partial charge < -0.3 is 20.4 Å². The van der Waals surface area contributed by atoms with Crippen molar-refractivity contribution in [3.63, 3.8) is 0 Å². The number of halogens is 1. The van der Waals surface area contributed by atoms with Gasteiger partial charge in [0, 0.05) is 51.8 Å². The van der Waals surface area contributed by atoms with Gasteiger partial charge in [-0.05, 0) is 31.5 Å². The van der Waals surface area contributed by atoms with Crippen molar-refractivity contribution >= 4 is 17.8 Å². The highest BCUT2D eigenvalue weighted by Crippen LogP contribution is 2.09. The van der Waals surface area contributed by atoms with Crippen LogP contribution in [0.3, 0.4) is 0 Å². The molecule has 0 bridgehead atoms. The highest BCUT2D eigenvalue weighted by molar-refractivity contribution is 5.94. The lowest BCUT2D eigenvalue weighted by molar-refractivity contribution is -0.130. The van der Waals surface area contributed by atoms with Crippen LogP contribution in [0.1, 0.15) is 29.8 Å². The molecule has 27 heavy (non-hydrogen) atoms.